The van der Waals surface area contributed by atoms with Crippen LogP contribution in [0.5, 0.6) is 5.75 Å². The first-order chi connectivity index (χ1) is 9.61. The molecule has 20 heavy (non-hydrogen) atoms. The molecule has 0 amide bonds. The SMILES string of the molecule is O/N=C\c1cc(Br)cc(Br)c1OCc1ccccc1F. The topological polar surface area (TPSA) is 41.8 Å². The molecule has 3 nitrogen and oxygen atoms in total. The summed E-state index contributed by atoms with van der Waals surface area (Å²) in [5, 5.41) is 11.7. The molecule has 0 aliphatic rings. The molecule has 6 heteroatoms. The summed E-state index contributed by atoms with van der Waals surface area (Å²) in [7, 11) is 0. The molecule has 2 aromatic carbocycles. The third-order valence-corrected chi connectivity index (χ3v) is 3.61. The second-order valence-electron chi connectivity index (χ2n) is 3.93. The fourth-order valence-electron chi connectivity index (χ4n) is 1.66. The molecule has 0 unspecified atom stereocenters. The number of ether oxygens (including phenoxy) is 1. The van der Waals surface area contributed by atoms with Crippen LogP contribution in [0.2, 0.25) is 0 Å². The van der Waals surface area contributed by atoms with E-state index in [9.17, 15) is 4.39 Å². The van der Waals surface area contributed by atoms with Crippen LogP contribution in [0.15, 0.2) is 50.5 Å². The zero-order valence-corrected chi connectivity index (χ0v) is 13.4. The Hall–Kier alpha value is -1.40. The normalized spacial score (nSPS) is 10.9. The van der Waals surface area contributed by atoms with Gasteiger partial charge in [-0.3, -0.25) is 0 Å². The fraction of sp³-hybridized carbons (Fsp3) is 0.0714. The lowest BCUT2D eigenvalue weighted by Gasteiger charge is -2.12. The van der Waals surface area contributed by atoms with E-state index < -0.39 is 0 Å². The zero-order chi connectivity index (χ0) is 14.5. The minimum atomic E-state index is -0.321. The van der Waals surface area contributed by atoms with Crippen molar-refractivity contribution >= 4 is 38.1 Å². The molecule has 0 fully saturated rings. The molecule has 0 spiro atoms. The zero-order valence-electron chi connectivity index (χ0n) is 10.2. The maximum absolute atomic E-state index is 13.5. The van der Waals surface area contributed by atoms with Crippen molar-refractivity contribution in [2.75, 3.05) is 0 Å². The highest BCUT2D eigenvalue weighted by atomic mass is 79.9. The number of oxime groups is 1. The monoisotopic (exact) mass is 401 g/mol. The summed E-state index contributed by atoms with van der Waals surface area (Å²) < 4.78 is 20.7. The first kappa shape index (κ1) is 15.0. The molecule has 2 aromatic rings. The first-order valence-corrected chi connectivity index (χ1v) is 7.23. The van der Waals surface area contributed by atoms with Crippen molar-refractivity contribution in [3.05, 3.63) is 62.3 Å². The molecule has 0 saturated heterocycles. The van der Waals surface area contributed by atoms with Crippen LogP contribution in [0.3, 0.4) is 0 Å². The summed E-state index contributed by atoms with van der Waals surface area (Å²) >= 11 is 6.70. The lowest BCUT2D eigenvalue weighted by molar-refractivity contribution is 0.296. The summed E-state index contributed by atoms with van der Waals surface area (Å²) in [5.41, 5.74) is 1.03. The van der Waals surface area contributed by atoms with E-state index in [1.165, 1.54) is 12.3 Å². The van der Waals surface area contributed by atoms with Crippen molar-refractivity contribution in [2.24, 2.45) is 5.16 Å². The van der Waals surface area contributed by atoms with E-state index in [4.69, 9.17) is 9.94 Å². The molecule has 0 bridgehead atoms. The van der Waals surface area contributed by atoms with Gasteiger partial charge in [-0.05, 0) is 34.1 Å². The fourth-order valence-corrected chi connectivity index (χ4v) is 3.03. The largest absolute Gasteiger partial charge is 0.487 e. The molecule has 104 valence electrons. The summed E-state index contributed by atoms with van der Waals surface area (Å²) in [5.74, 6) is 0.160. The van der Waals surface area contributed by atoms with Gasteiger partial charge in [-0.15, -0.1) is 0 Å². The first-order valence-electron chi connectivity index (χ1n) is 5.64. The Bertz CT molecular complexity index is 647. The molecular formula is C14H10Br2FNO2. The van der Waals surface area contributed by atoms with Crippen molar-refractivity contribution in [2.45, 2.75) is 6.61 Å². The van der Waals surface area contributed by atoms with Crippen LogP contribution in [0.4, 0.5) is 4.39 Å². The van der Waals surface area contributed by atoms with Gasteiger partial charge in [0, 0.05) is 15.6 Å². The number of hydrogen-bond acceptors (Lipinski definition) is 3. The summed E-state index contributed by atoms with van der Waals surface area (Å²) in [6, 6.07) is 9.94. The quantitative estimate of drug-likeness (QED) is 0.456. The van der Waals surface area contributed by atoms with Crippen LogP contribution in [-0.4, -0.2) is 11.4 Å². The van der Waals surface area contributed by atoms with E-state index in [1.54, 1.807) is 30.3 Å². The van der Waals surface area contributed by atoms with Gasteiger partial charge >= 0.3 is 0 Å². The third-order valence-electron chi connectivity index (χ3n) is 2.56. The smallest absolute Gasteiger partial charge is 0.142 e. The van der Waals surface area contributed by atoms with Crippen molar-refractivity contribution in [1.29, 1.82) is 0 Å². The minimum absolute atomic E-state index is 0.0825. The van der Waals surface area contributed by atoms with Gasteiger partial charge in [0.05, 0.1) is 10.7 Å². The molecular weight excluding hydrogens is 393 g/mol. The standard InChI is InChI=1S/C14H10Br2FNO2/c15-11-5-10(7-18-19)14(12(16)6-11)20-8-9-3-1-2-4-13(9)17/h1-7,19H,8H2/b18-7-. The number of hydrogen-bond donors (Lipinski definition) is 1. The second-order valence-corrected chi connectivity index (χ2v) is 5.70. The third kappa shape index (κ3) is 3.58. The molecule has 0 radical (unpaired) electrons. The predicted octanol–water partition coefficient (Wildman–Crippen LogP) is 4.74. The Labute approximate surface area is 132 Å². The Morgan fingerprint density at radius 2 is 2.00 bits per heavy atom. The second kappa shape index (κ2) is 6.85. The lowest BCUT2D eigenvalue weighted by atomic mass is 10.2. The summed E-state index contributed by atoms with van der Waals surface area (Å²) in [6.07, 6.45) is 1.26. The molecule has 0 atom stereocenters. The van der Waals surface area contributed by atoms with Crippen LogP contribution < -0.4 is 4.74 Å². The highest BCUT2D eigenvalue weighted by Crippen LogP contribution is 2.32. The highest BCUT2D eigenvalue weighted by molar-refractivity contribution is 9.11. The van der Waals surface area contributed by atoms with Crippen LogP contribution >= 0.6 is 31.9 Å². The van der Waals surface area contributed by atoms with E-state index >= 15 is 0 Å². The Morgan fingerprint density at radius 3 is 2.70 bits per heavy atom. The Balaban J connectivity index is 2.27. The Morgan fingerprint density at radius 1 is 1.25 bits per heavy atom. The van der Waals surface area contributed by atoms with E-state index in [0.717, 1.165) is 4.47 Å². The number of halogens is 3. The van der Waals surface area contributed by atoms with Crippen LogP contribution in [-0.2, 0) is 6.61 Å². The molecule has 1 N–H and O–H groups in total. The number of nitrogens with zero attached hydrogens (tertiary/aromatic N) is 1. The molecule has 0 saturated carbocycles. The lowest BCUT2D eigenvalue weighted by Crippen LogP contribution is -2.01. The molecule has 0 aromatic heterocycles. The number of rotatable bonds is 4. The maximum atomic E-state index is 13.5. The van der Waals surface area contributed by atoms with Gasteiger partial charge < -0.3 is 9.94 Å². The van der Waals surface area contributed by atoms with Gasteiger partial charge in [0.1, 0.15) is 18.2 Å². The van der Waals surface area contributed by atoms with E-state index in [1.807, 2.05) is 0 Å². The van der Waals surface area contributed by atoms with E-state index in [-0.39, 0.29) is 12.4 Å². The van der Waals surface area contributed by atoms with Crippen molar-refractivity contribution in [3.63, 3.8) is 0 Å². The van der Waals surface area contributed by atoms with Gasteiger partial charge in [-0.25, -0.2) is 4.39 Å². The van der Waals surface area contributed by atoms with Gasteiger partial charge in [-0.2, -0.15) is 0 Å². The predicted molar refractivity (Wildman–Crippen MR) is 82.0 cm³/mol. The molecule has 0 heterocycles. The van der Waals surface area contributed by atoms with Gasteiger partial charge in [-0.1, -0.05) is 39.3 Å². The maximum Gasteiger partial charge on any atom is 0.142 e. The highest BCUT2D eigenvalue weighted by Gasteiger charge is 2.10. The van der Waals surface area contributed by atoms with Gasteiger partial charge in [0.15, 0.2) is 0 Å². The summed E-state index contributed by atoms with van der Waals surface area (Å²) in [4.78, 5) is 0. The molecule has 0 aliphatic heterocycles. The van der Waals surface area contributed by atoms with Crippen LogP contribution in [0.1, 0.15) is 11.1 Å². The minimum Gasteiger partial charge on any atom is -0.487 e. The Kier molecular flexibility index (Phi) is 5.14. The van der Waals surface area contributed by atoms with Crippen molar-refractivity contribution in [1.82, 2.24) is 0 Å². The van der Waals surface area contributed by atoms with Crippen molar-refractivity contribution in [3.8, 4) is 5.75 Å². The average molecular weight is 403 g/mol. The molecule has 0 aliphatic carbocycles. The van der Waals surface area contributed by atoms with Crippen LogP contribution in [0.25, 0.3) is 0 Å². The number of benzene rings is 2. The van der Waals surface area contributed by atoms with E-state index in [2.05, 4.69) is 37.0 Å². The molecule has 2 rings (SSSR count). The van der Waals surface area contributed by atoms with Gasteiger partial charge in [0.2, 0.25) is 0 Å². The van der Waals surface area contributed by atoms with Crippen molar-refractivity contribution < 1.29 is 14.3 Å². The average Bonchev–Trinajstić information content (AvgIpc) is 2.40. The van der Waals surface area contributed by atoms with Gasteiger partial charge in [0.25, 0.3) is 0 Å². The van der Waals surface area contributed by atoms with Crippen LogP contribution in [0, 0.1) is 5.82 Å². The van der Waals surface area contributed by atoms with E-state index in [0.29, 0.717) is 21.3 Å². The summed E-state index contributed by atoms with van der Waals surface area (Å²) in [6.45, 7) is 0.0825.